The van der Waals surface area contributed by atoms with Gasteiger partial charge in [-0.2, -0.15) is 0 Å². The zero-order valence-electron chi connectivity index (χ0n) is 18.6. The standard InChI is InChI=1S/C24H19F3N2O7/c1-3-7-33-23(31)12-6-5-11(20(28)17(12)25)15-9-14(30)16-21(29)18(26)13(19(27)22(16)36-15)10-35-24(32)34-8-4-2/h3-6,9H,1-2,7-8,10,28-29H2. The Hall–Kier alpha value is -4.74. The van der Waals surface area contributed by atoms with Gasteiger partial charge in [0.1, 0.15) is 25.6 Å². The van der Waals surface area contributed by atoms with Crippen LogP contribution in [-0.4, -0.2) is 25.3 Å². The molecule has 36 heavy (non-hydrogen) atoms. The van der Waals surface area contributed by atoms with Crippen LogP contribution in [0.2, 0.25) is 0 Å². The van der Waals surface area contributed by atoms with Crippen molar-refractivity contribution < 1.29 is 41.4 Å². The molecule has 0 aliphatic carbocycles. The quantitative estimate of drug-likeness (QED) is 0.262. The highest BCUT2D eigenvalue weighted by molar-refractivity contribution is 5.94. The average molecular weight is 504 g/mol. The molecule has 0 aliphatic heterocycles. The van der Waals surface area contributed by atoms with E-state index in [4.69, 9.17) is 20.6 Å². The van der Waals surface area contributed by atoms with Crippen LogP contribution in [0.4, 0.5) is 29.3 Å². The second-order valence-electron chi connectivity index (χ2n) is 7.11. The number of nitrogens with two attached hydrogens (primary N) is 2. The van der Waals surface area contributed by atoms with Crippen LogP contribution >= 0.6 is 0 Å². The number of benzene rings is 2. The van der Waals surface area contributed by atoms with Crippen LogP contribution in [0, 0.1) is 17.5 Å². The number of rotatable bonds is 8. The lowest BCUT2D eigenvalue weighted by atomic mass is 10.0. The molecule has 0 saturated heterocycles. The first kappa shape index (κ1) is 25.9. The first-order valence-electron chi connectivity index (χ1n) is 10.1. The molecule has 0 fully saturated rings. The molecule has 0 atom stereocenters. The number of carbonyl (C=O) groups is 2. The Balaban J connectivity index is 2.10. The Bertz CT molecular complexity index is 1450. The normalized spacial score (nSPS) is 10.6. The lowest BCUT2D eigenvalue weighted by Crippen LogP contribution is -2.14. The van der Waals surface area contributed by atoms with Gasteiger partial charge in [0, 0.05) is 11.6 Å². The summed E-state index contributed by atoms with van der Waals surface area (Å²) in [6.45, 7) is 5.39. The first-order chi connectivity index (χ1) is 17.1. The maximum Gasteiger partial charge on any atom is 0.508 e. The van der Waals surface area contributed by atoms with E-state index in [2.05, 4.69) is 22.6 Å². The number of halogens is 3. The van der Waals surface area contributed by atoms with Crippen molar-refractivity contribution in [2.24, 2.45) is 0 Å². The van der Waals surface area contributed by atoms with Crippen molar-refractivity contribution in [3.63, 3.8) is 0 Å². The number of nitrogen functional groups attached to an aromatic ring is 2. The number of hydrogen-bond acceptors (Lipinski definition) is 9. The minimum absolute atomic E-state index is 0.172. The summed E-state index contributed by atoms with van der Waals surface area (Å²) in [6, 6.07) is 2.98. The van der Waals surface area contributed by atoms with Crippen LogP contribution in [0.1, 0.15) is 15.9 Å². The molecule has 12 heteroatoms. The van der Waals surface area contributed by atoms with Crippen molar-refractivity contribution in [2.75, 3.05) is 24.7 Å². The fraction of sp³-hybridized carbons (Fsp3) is 0.125. The summed E-state index contributed by atoms with van der Waals surface area (Å²) in [7, 11) is 0. The fourth-order valence-electron chi connectivity index (χ4n) is 3.15. The highest BCUT2D eigenvalue weighted by Crippen LogP contribution is 2.35. The molecule has 0 aliphatic rings. The van der Waals surface area contributed by atoms with E-state index in [-0.39, 0.29) is 18.8 Å². The summed E-state index contributed by atoms with van der Waals surface area (Å²) < 4.78 is 64.1. The van der Waals surface area contributed by atoms with E-state index in [1.807, 2.05) is 0 Å². The third-order valence-electron chi connectivity index (χ3n) is 4.83. The number of anilines is 2. The van der Waals surface area contributed by atoms with E-state index in [1.165, 1.54) is 12.2 Å². The number of hydrogen-bond donors (Lipinski definition) is 2. The van der Waals surface area contributed by atoms with Gasteiger partial charge >= 0.3 is 12.1 Å². The molecule has 3 rings (SSSR count). The highest BCUT2D eigenvalue weighted by atomic mass is 19.1. The van der Waals surface area contributed by atoms with Crippen molar-refractivity contribution in [2.45, 2.75) is 6.61 Å². The zero-order chi connectivity index (χ0) is 26.6. The SMILES string of the molecule is C=CCOC(=O)OCc1c(F)c(N)c2c(=O)cc(-c3ccc(C(=O)OCC=C)c(F)c3N)oc2c1F. The van der Waals surface area contributed by atoms with Crippen LogP contribution in [0.3, 0.4) is 0 Å². The fourth-order valence-corrected chi connectivity index (χ4v) is 3.15. The third-order valence-corrected chi connectivity index (χ3v) is 4.83. The van der Waals surface area contributed by atoms with E-state index >= 15 is 4.39 Å². The van der Waals surface area contributed by atoms with Crippen molar-refractivity contribution in [3.8, 4) is 11.3 Å². The summed E-state index contributed by atoms with van der Waals surface area (Å²) in [6.07, 6.45) is 1.29. The molecule has 0 amide bonds. The minimum Gasteiger partial charge on any atom is -0.458 e. The van der Waals surface area contributed by atoms with E-state index in [0.717, 1.165) is 18.2 Å². The summed E-state index contributed by atoms with van der Waals surface area (Å²) in [4.78, 5) is 36.2. The molecule has 0 bridgehead atoms. The van der Waals surface area contributed by atoms with Gasteiger partial charge in [0.15, 0.2) is 28.5 Å². The van der Waals surface area contributed by atoms with Gasteiger partial charge in [0.25, 0.3) is 0 Å². The molecule has 188 valence electrons. The number of ether oxygens (including phenoxy) is 3. The molecule has 0 radical (unpaired) electrons. The predicted molar refractivity (Wildman–Crippen MR) is 123 cm³/mol. The van der Waals surface area contributed by atoms with Gasteiger partial charge in [0.2, 0.25) is 0 Å². The van der Waals surface area contributed by atoms with Crippen molar-refractivity contribution in [1.82, 2.24) is 0 Å². The maximum absolute atomic E-state index is 15.2. The maximum atomic E-state index is 15.2. The average Bonchev–Trinajstić information content (AvgIpc) is 2.85. The van der Waals surface area contributed by atoms with Crippen LogP contribution in [0.15, 0.2) is 52.7 Å². The van der Waals surface area contributed by atoms with E-state index in [9.17, 15) is 23.2 Å². The van der Waals surface area contributed by atoms with Crippen LogP contribution < -0.4 is 16.9 Å². The Labute approximate surface area is 201 Å². The van der Waals surface area contributed by atoms with Crippen LogP contribution in [-0.2, 0) is 20.8 Å². The molecule has 3 aromatic rings. The summed E-state index contributed by atoms with van der Waals surface area (Å²) in [5, 5.41) is -0.629. The Morgan fingerprint density at radius 2 is 1.61 bits per heavy atom. The second kappa shape index (κ2) is 10.7. The topological polar surface area (TPSA) is 144 Å². The van der Waals surface area contributed by atoms with Gasteiger partial charge in [-0.15, -0.1) is 0 Å². The van der Waals surface area contributed by atoms with Crippen molar-refractivity contribution in [1.29, 1.82) is 0 Å². The predicted octanol–water partition coefficient (Wildman–Crippen LogP) is 4.22. The van der Waals surface area contributed by atoms with E-state index in [1.54, 1.807) is 0 Å². The molecule has 1 heterocycles. The largest absolute Gasteiger partial charge is 0.508 e. The Morgan fingerprint density at radius 1 is 0.944 bits per heavy atom. The second-order valence-corrected chi connectivity index (χ2v) is 7.11. The Kier molecular flexibility index (Phi) is 7.67. The van der Waals surface area contributed by atoms with Crippen molar-refractivity contribution >= 4 is 34.5 Å². The van der Waals surface area contributed by atoms with Crippen LogP contribution in [0.25, 0.3) is 22.3 Å². The van der Waals surface area contributed by atoms with Gasteiger partial charge in [0.05, 0.1) is 27.9 Å². The number of fused-ring (bicyclic) bond motifs is 1. The third kappa shape index (κ3) is 4.87. The molecule has 1 aromatic heterocycles. The lowest BCUT2D eigenvalue weighted by molar-refractivity contribution is 0.0540. The van der Waals surface area contributed by atoms with Crippen LogP contribution in [0.5, 0.6) is 0 Å². The number of esters is 1. The van der Waals surface area contributed by atoms with Gasteiger partial charge in [-0.3, -0.25) is 4.79 Å². The summed E-state index contributed by atoms with van der Waals surface area (Å²) in [5.41, 5.74) is 6.83. The molecular formula is C24H19F3N2O7. The monoisotopic (exact) mass is 504 g/mol. The van der Waals surface area contributed by atoms with Gasteiger partial charge in [-0.25, -0.2) is 22.8 Å². The lowest BCUT2D eigenvalue weighted by Gasteiger charge is -2.13. The highest BCUT2D eigenvalue weighted by Gasteiger charge is 2.26. The summed E-state index contributed by atoms with van der Waals surface area (Å²) >= 11 is 0. The molecule has 0 unspecified atom stereocenters. The molecule has 0 spiro atoms. The molecule has 0 saturated carbocycles. The molecular weight excluding hydrogens is 485 g/mol. The van der Waals surface area contributed by atoms with E-state index in [0.29, 0.717) is 0 Å². The van der Waals surface area contributed by atoms with E-state index < -0.39 is 80.8 Å². The van der Waals surface area contributed by atoms with Gasteiger partial charge in [-0.05, 0) is 12.1 Å². The van der Waals surface area contributed by atoms with Gasteiger partial charge < -0.3 is 30.1 Å². The van der Waals surface area contributed by atoms with Gasteiger partial charge in [-0.1, -0.05) is 25.3 Å². The molecule has 9 nitrogen and oxygen atoms in total. The summed E-state index contributed by atoms with van der Waals surface area (Å²) in [5.74, 6) is -5.33. The smallest absolute Gasteiger partial charge is 0.458 e. The minimum atomic E-state index is -1.39. The zero-order valence-corrected chi connectivity index (χ0v) is 18.6. The van der Waals surface area contributed by atoms with Crippen molar-refractivity contribution in [3.05, 3.63) is 82.3 Å². The number of carbonyl (C=O) groups excluding carboxylic acids is 2. The Morgan fingerprint density at radius 3 is 2.28 bits per heavy atom. The molecule has 4 N–H and O–H groups in total. The first-order valence-corrected chi connectivity index (χ1v) is 10.1. The molecule has 2 aromatic carbocycles.